The molecule has 1 saturated heterocycles. The quantitative estimate of drug-likeness (QED) is 0.818. The molecule has 0 saturated carbocycles. The SMILES string of the molecule is O=C(Nc1cccc(Br)c1)c1ccc(S(=O)(=O)N2CCOCC2)cc1. The summed E-state index contributed by atoms with van der Waals surface area (Å²) in [4.78, 5) is 12.5. The van der Waals surface area contributed by atoms with Gasteiger partial charge in [0.15, 0.2) is 0 Å². The van der Waals surface area contributed by atoms with Gasteiger partial charge in [-0.1, -0.05) is 22.0 Å². The van der Waals surface area contributed by atoms with Gasteiger partial charge >= 0.3 is 0 Å². The number of sulfonamides is 1. The molecule has 2 aromatic rings. The first kappa shape index (κ1) is 18.1. The van der Waals surface area contributed by atoms with E-state index in [1.807, 2.05) is 12.1 Å². The predicted octanol–water partition coefficient (Wildman–Crippen LogP) is 2.72. The number of rotatable bonds is 4. The van der Waals surface area contributed by atoms with Crippen molar-refractivity contribution >= 4 is 37.5 Å². The zero-order chi connectivity index (χ0) is 17.9. The zero-order valence-corrected chi connectivity index (χ0v) is 15.7. The highest BCUT2D eigenvalue weighted by molar-refractivity contribution is 9.10. The van der Waals surface area contributed by atoms with Crippen LogP contribution in [0.25, 0.3) is 0 Å². The van der Waals surface area contributed by atoms with Crippen molar-refractivity contribution in [1.82, 2.24) is 4.31 Å². The molecule has 0 spiro atoms. The Morgan fingerprint density at radius 3 is 2.40 bits per heavy atom. The van der Waals surface area contributed by atoms with E-state index in [1.165, 1.54) is 28.6 Å². The van der Waals surface area contributed by atoms with Gasteiger partial charge in [-0.2, -0.15) is 4.31 Å². The number of hydrogen-bond donors (Lipinski definition) is 1. The number of anilines is 1. The maximum atomic E-state index is 12.6. The Labute approximate surface area is 155 Å². The number of nitrogens with one attached hydrogen (secondary N) is 1. The Balaban J connectivity index is 1.74. The van der Waals surface area contributed by atoms with Gasteiger partial charge < -0.3 is 10.1 Å². The summed E-state index contributed by atoms with van der Waals surface area (Å²) in [5.41, 5.74) is 1.05. The monoisotopic (exact) mass is 424 g/mol. The molecule has 6 nitrogen and oxygen atoms in total. The summed E-state index contributed by atoms with van der Waals surface area (Å²) in [6, 6.07) is 13.2. The van der Waals surface area contributed by atoms with Crippen molar-refractivity contribution in [3.8, 4) is 0 Å². The molecule has 1 N–H and O–H groups in total. The number of amides is 1. The zero-order valence-electron chi connectivity index (χ0n) is 13.3. The van der Waals surface area contributed by atoms with Crippen LogP contribution in [-0.4, -0.2) is 44.9 Å². The Bertz CT molecular complexity index is 862. The molecule has 1 heterocycles. The predicted molar refractivity (Wildman–Crippen MR) is 98.1 cm³/mol. The minimum Gasteiger partial charge on any atom is -0.379 e. The molecular formula is C17H17BrN2O4S. The van der Waals surface area contributed by atoms with Gasteiger partial charge in [0, 0.05) is 28.8 Å². The van der Waals surface area contributed by atoms with Gasteiger partial charge in [-0.25, -0.2) is 8.42 Å². The van der Waals surface area contributed by atoms with Gasteiger partial charge in [0.25, 0.3) is 5.91 Å². The Hall–Kier alpha value is -1.74. The summed E-state index contributed by atoms with van der Waals surface area (Å²) in [6.07, 6.45) is 0. The Morgan fingerprint density at radius 2 is 1.76 bits per heavy atom. The summed E-state index contributed by atoms with van der Waals surface area (Å²) >= 11 is 3.35. The Morgan fingerprint density at radius 1 is 1.08 bits per heavy atom. The lowest BCUT2D eigenvalue weighted by Crippen LogP contribution is -2.40. The van der Waals surface area contributed by atoms with Gasteiger partial charge in [0.1, 0.15) is 0 Å². The molecule has 132 valence electrons. The topological polar surface area (TPSA) is 75.7 Å². The maximum Gasteiger partial charge on any atom is 0.255 e. The molecule has 1 aliphatic rings. The second-order valence-corrected chi connectivity index (χ2v) is 8.36. The summed E-state index contributed by atoms with van der Waals surface area (Å²) in [7, 11) is -3.55. The molecule has 8 heteroatoms. The lowest BCUT2D eigenvalue weighted by atomic mass is 10.2. The molecule has 3 rings (SSSR count). The Kier molecular flexibility index (Phi) is 5.53. The molecule has 2 aromatic carbocycles. The first-order chi connectivity index (χ1) is 12.0. The standard InChI is InChI=1S/C17H17BrN2O4S/c18-14-2-1-3-15(12-14)19-17(21)13-4-6-16(7-5-13)25(22,23)20-8-10-24-11-9-20/h1-7,12H,8-11H2,(H,19,21). The third-order valence-corrected chi connectivity index (χ3v) is 6.21. The molecule has 1 fully saturated rings. The summed E-state index contributed by atoms with van der Waals surface area (Å²) in [6.45, 7) is 1.47. The third-order valence-electron chi connectivity index (χ3n) is 3.81. The minimum atomic E-state index is -3.55. The van der Waals surface area contributed by atoms with E-state index in [0.29, 0.717) is 37.6 Å². The molecule has 25 heavy (non-hydrogen) atoms. The van der Waals surface area contributed by atoms with Gasteiger partial charge in [-0.3, -0.25) is 4.79 Å². The van der Waals surface area contributed by atoms with Crippen molar-refractivity contribution in [3.05, 3.63) is 58.6 Å². The van der Waals surface area contributed by atoms with Crippen LogP contribution in [-0.2, 0) is 14.8 Å². The van der Waals surface area contributed by atoms with Crippen molar-refractivity contribution in [2.75, 3.05) is 31.6 Å². The molecule has 0 unspecified atom stereocenters. The average Bonchev–Trinajstić information content (AvgIpc) is 2.62. The van der Waals surface area contributed by atoms with Gasteiger partial charge in [-0.05, 0) is 42.5 Å². The van der Waals surface area contributed by atoms with E-state index in [1.54, 1.807) is 12.1 Å². The fourth-order valence-corrected chi connectivity index (χ4v) is 4.29. The lowest BCUT2D eigenvalue weighted by molar-refractivity contribution is 0.0730. The van der Waals surface area contributed by atoms with Crippen molar-refractivity contribution in [2.24, 2.45) is 0 Å². The number of nitrogens with zero attached hydrogens (tertiary/aromatic N) is 1. The number of carbonyl (C=O) groups is 1. The fourth-order valence-electron chi connectivity index (χ4n) is 2.48. The normalized spacial score (nSPS) is 15.7. The molecule has 1 aliphatic heterocycles. The molecule has 1 amide bonds. The number of ether oxygens (including phenoxy) is 1. The highest BCUT2D eigenvalue weighted by atomic mass is 79.9. The van der Waals surface area contributed by atoms with E-state index in [-0.39, 0.29) is 10.8 Å². The van der Waals surface area contributed by atoms with Crippen molar-refractivity contribution in [2.45, 2.75) is 4.90 Å². The van der Waals surface area contributed by atoms with E-state index in [9.17, 15) is 13.2 Å². The van der Waals surface area contributed by atoms with Gasteiger partial charge in [0.05, 0.1) is 18.1 Å². The van der Waals surface area contributed by atoms with Crippen LogP contribution < -0.4 is 5.32 Å². The van der Waals surface area contributed by atoms with E-state index >= 15 is 0 Å². The molecular weight excluding hydrogens is 408 g/mol. The fraction of sp³-hybridized carbons (Fsp3) is 0.235. The van der Waals surface area contributed by atoms with Crippen LogP contribution >= 0.6 is 15.9 Å². The highest BCUT2D eigenvalue weighted by Crippen LogP contribution is 2.19. The third kappa shape index (κ3) is 4.27. The summed E-state index contributed by atoms with van der Waals surface area (Å²) in [5, 5.41) is 2.78. The van der Waals surface area contributed by atoms with E-state index in [2.05, 4.69) is 21.2 Å². The van der Waals surface area contributed by atoms with E-state index < -0.39 is 10.0 Å². The van der Waals surface area contributed by atoms with Crippen molar-refractivity contribution < 1.29 is 17.9 Å². The minimum absolute atomic E-state index is 0.174. The second kappa shape index (κ2) is 7.65. The summed E-state index contributed by atoms with van der Waals surface area (Å²) in [5.74, 6) is -0.298. The molecule has 0 bridgehead atoms. The van der Waals surface area contributed by atoms with Crippen molar-refractivity contribution in [3.63, 3.8) is 0 Å². The van der Waals surface area contributed by atoms with Crippen LogP contribution in [0.2, 0.25) is 0 Å². The lowest BCUT2D eigenvalue weighted by Gasteiger charge is -2.26. The average molecular weight is 425 g/mol. The van der Waals surface area contributed by atoms with Crippen LogP contribution in [0.5, 0.6) is 0 Å². The maximum absolute atomic E-state index is 12.6. The molecule has 0 radical (unpaired) electrons. The highest BCUT2D eigenvalue weighted by Gasteiger charge is 2.26. The molecule has 0 atom stereocenters. The largest absolute Gasteiger partial charge is 0.379 e. The van der Waals surface area contributed by atoms with Crippen LogP contribution in [0.4, 0.5) is 5.69 Å². The molecule has 0 aromatic heterocycles. The first-order valence-electron chi connectivity index (χ1n) is 7.72. The van der Waals surface area contributed by atoms with Crippen LogP contribution in [0.15, 0.2) is 57.9 Å². The van der Waals surface area contributed by atoms with Gasteiger partial charge in [-0.15, -0.1) is 0 Å². The number of carbonyl (C=O) groups excluding carboxylic acids is 1. The van der Waals surface area contributed by atoms with E-state index in [0.717, 1.165) is 4.47 Å². The second-order valence-electron chi connectivity index (χ2n) is 5.51. The van der Waals surface area contributed by atoms with Gasteiger partial charge in [0.2, 0.25) is 10.0 Å². The van der Waals surface area contributed by atoms with E-state index in [4.69, 9.17) is 4.74 Å². The first-order valence-corrected chi connectivity index (χ1v) is 9.95. The molecule has 0 aliphatic carbocycles. The smallest absolute Gasteiger partial charge is 0.255 e. The van der Waals surface area contributed by atoms with Crippen molar-refractivity contribution in [1.29, 1.82) is 0 Å². The van der Waals surface area contributed by atoms with Crippen LogP contribution in [0.1, 0.15) is 10.4 Å². The number of morpholine rings is 1. The van der Waals surface area contributed by atoms with Crippen LogP contribution in [0, 0.1) is 0 Å². The number of hydrogen-bond acceptors (Lipinski definition) is 4. The van der Waals surface area contributed by atoms with Crippen LogP contribution in [0.3, 0.4) is 0 Å². The summed E-state index contributed by atoms with van der Waals surface area (Å²) < 4.78 is 32.6. The number of benzene rings is 2. The number of halogens is 1.